The molecule has 5 heteroatoms. The van der Waals surface area contributed by atoms with E-state index in [-0.39, 0.29) is 25.5 Å². The van der Waals surface area contributed by atoms with Crippen LogP contribution in [0.4, 0.5) is 0 Å². The summed E-state index contributed by atoms with van der Waals surface area (Å²) >= 11 is -0.365. The van der Waals surface area contributed by atoms with Crippen LogP contribution in [-0.2, 0) is 25.5 Å². The molecule has 0 saturated heterocycles. The van der Waals surface area contributed by atoms with E-state index < -0.39 is 27.0 Å². The van der Waals surface area contributed by atoms with E-state index in [0.29, 0.717) is 11.1 Å². The molecule has 0 aliphatic heterocycles. The van der Waals surface area contributed by atoms with Gasteiger partial charge in [-0.15, -0.1) is 23.8 Å². The van der Waals surface area contributed by atoms with Gasteiger partial charge in [-0.1, -0.05) is 68.6 Å². The summed E-state index contributed by atoms with van der Waals surface area (Å²) in [4.78, 5) is 9.19. The maximum atomic E-state index is 8.22. The Morgan fingerprint density at radius 2 is 1.55 bits per heavy atom. The molecular weight excluding hydrogens is 853 g/mol. The van der Waals surface area contributed by atoms with E-state index >= 15 is 0 Å². The molecule has 7 rings (SSSR count). The van der Waals surface area contributed by atoms with Crippen molar-refractivity contribution in [3.8, 4) is 33.6 Å². The van der Waals surface area contributed by atoms with Crippen LogP contribution in [-0.4, -0.2) is 23.2 Å². The zero-order valence-electron chi connectivity index (χ0n) is 35.0. The maximum absolute atomic E-state index is 8.22. The van der Waals surface area contributed by atoms with Crippen LogP contribution in [0.1, 0.15) is 51.2 Å². The third-order valence-corrected chi connectivity index (χ3v) is 14.3. The molecule has 0 N–H and O–H groups in total. The van der Waals surface area contributed by atoms with Gasteiger partial charge in [0.25, 0.3) is 0 Å². The van der Waals surface area contributed by atoms with Gasteiger partial charge in [0.2, 0.25) is 0 Å². The number of aromatic nitrogens is 2. The molecule has 49 heavy (non-hydrogen) atoms. The molecule has 1 radical (unpaired) electrons. The second-order valence-electron chi connectivity index (χ2n) is 14.3. The standard InChI is InChI=1S/C28H24NS.C16H20GeN.Ir/c1-18-15-20(19-9-6-5-7-10-19)16-24-22-11-8-12-23(27(22)30-26(18)24)25-17-21(13-14-29-25)28(2,3)4;1-12-6-8-14(9-7-12)16-10-13(2)15(11-18-16)17(3,4)5;/h5-11,13-17H,1-4H3;6-8,10-11H,1-5H3;/q2*-1;/i2*1D3;. The molecule has 0 fully saturated rings. The van der Waals surface area contributed by atoms with Crippen molar-refractivity contribution in [2.24, 2.45) is 0 Å². The van der Waals surface area contributed by atoms with Crippen molar-refractivity contribution in [1.82, 2.24) is 9.97 Å². The summed E-state index contributed by atoms with van der Waals surface area (Å²) < 4.78 is 50.0. The maximum Gasteiger partial charge on any atom is 0.0280 e. The number of fused-ring (bicyclic) bond motifs is 3. The summed E-state index contributed by atoms with van der Waals surface area (Å²) in [6, 6.07) is 35.4. The van der Waals surface area contributed by atoms with Crippen molar-refractivity contribution in [2.45, 2.75) is 64.1 Å². The molecular formula is C44H44GeIrN2S-2. The molecule has 0 spiro atoms. The number of nitrogens with zero attached hydrogens (tertiary/aromatic N) is 2. The number of thiophene rings is 1. The first kappa shape index (κ1) is 29.3. The summed E-state index contributed by atoms with van der Waals surface area (Å²) in [6.45, 7) is 4.38. The Morgan fingerprint density at radius 3 is 2.20 bits per heavy atom. The summed E-state index contributed by atoms with van der Waals surface area (Å²) in [5.41, 5.74) is 8.55. The topological polar surface area (TPSA) is 25.8 Å². The number of aryl methyl sites for hydroxylation is 3. The normalized spacial score (nSPS) is 13.9. The fourth-order valence-electron chi connectivity index (χ4n) is 5.94. The molecule has 7 aromatic rings. The van der Waals surface area contributed by atoms with Gasteiger partial charge in [0.05, 0.1) is 0 Å². The monoisotopic (exact) mass is 905 g/mol. The van der Waals surface area contributed by atoms with E-state index in [9.17, 15) is 0 Å². The molecule has 0 aliphatic rings. The van der Waals surface area contributed by atoms with Gasteiger partial charge in [-0.25, -0.2) is 0 Å². The average molecular weight is 904 g/mol. The molecule has 0 saturated carbocycles. The fraction of sp³-hybridized carbons (Fsp3) is 0.227. The van der Waals surface area contributed by atoms with Gasteiger partial charge in [0.1, 0.15) is 0 Å². The van der Waals surface area contributed by atoms with E-state index in [1.165, 1.54) is 32.9 Å². The predicted molar refractivity (Wildman–Crippen MR) is 211 cm³/mol. The van der Waals surface area contributed by atoms with E-state index in [2.05, 4.69) is 85.3 Å². The van der Waals surface area contributed by atoms with E-state index in [1.54, 1.807) is 12.1 Å². The van der Waals surface area contributed by atoms with Crippen molar-refractivity contribution >= 4 is 49.2 Å². The molecule has 0 amide bonds. The second kappa shape index (κ2) is 14.8. The fourth-order valence-corrected chi connectivity index (χ4v) is 10.7. The molecule has 3 aromatic heterocycles. The zero-order chi connectivity index (χ0) is 39.2. The minimum absolute atomic E-state index is 0. The van der Waals surface area contributed by atoms with Gasteiger partial charge in [-0.3, -0.25) is 0 Å². The molecule has 3 heterocycles. The number of pyridine rings is 2. The van der Waals surface area contributed by atoms with Crippen LogP contribution < -0.4 is 4.40 Å². The molecule has 4 aromatic carbocycles. The Labute approximate surface area is 321 Å². The predicted octanol–water partition coefficient (Wildman–Crippen LogP) is 11.9. The van der Waals surface area contributed by atoms with Crippen molar-refractivity contribution < 1.29 is 28.3 Å². The number of hydrogen-bond donors (Lipinski definition) is 0. The van der Waals surface area contributed by atoms with Crippen molar-refractivity contribution in [3.63, 3.8) is 0 Å². The Bertz CT molecular complexity index is 2440. The molecule has 0 aliphatic carbocycles. The van der Waals surface area contributed by atoms with Gasteiger partial charge in [0, 0.05) is 35.1 Å². The van der Waals surface area contributed by atoms with E-state index in [0.717, 1.165) is 53.8 Å². The Kier molecular flexibility index (Phi) is 8.88. The van der Waals surface area contributed by atoms with Crippen molar-refractivity contribution in [1.29, 1.82) is 0 Å². The first-order valence-electron chi connectivity index (χ1n) is 19.2. The molecule has 0 unspecified atom stereocenters. The SMILES string of the molecule is [2H]C([2H])([2H])c1c[c-]c(-c2cc(C)[c]([Ge]([CH3])([CH3])[CH3])cn2)cc1.[2H]C([2H])([2H])c1cc(-c2ccccc2)cc2c1sc1c(-c3cc(C(C)(C)C)ccn3)[c-]ccc12.[Ir]. The number of hydrogen-bond acceptors (Lipinski definition) is 3. The first-order chi connectivity index (χ1) is 25.2. The number of benzene rings is 4. The number of rotatable bonds is 4. The first-order valence-corrected chi connectivity index (χ1v) is 24.3. The van der Waals surface area contributed by atoms with E-state index in [1.807, 2.05) is 67.0 Å². The Morgan fingerprint density at radius 1 is 0.755 bits per heavy atom. The molecule has 2 nitrogen and oxygen atoms in total. The van der Waals surface area contributed by atoms with Crippen LogP contribution in [0.15, 0.2) is 103 Å². The summed E-state index contributed by atoms with van der Waals surface area (Å²) in [6.07, 6.45) is 3.83. The third kappa shape index (κ3) is 8.16. The molecule has 0 atom stereocenters. The van der Waals surface area contributed by atoms with Crippen LogP contribution in [0.3, 0.4) is 0 Å². The van der Waals surface area contributed by atoms with Gasteiger partial charge < -0.3 is 4.98 Å². The van der Waals surface area contributed by atoms with Gasteiger partial charge in [-0.2, -0.15) is 11.3 Å². The molecule has 251 valence electrons. The van der Waals surface area contributed by atoms with Crippen LogP contribution in [0.2, 0.25) is 17.3 Å². The minimum atomic E-state index is -2.21. The second-order valence-corrected chi connectivity index (χ2v) is 25.9. The zero-order valence-corrected chi connectivity index (χ0v) is 34.3. The Hall–Kier alpha value is -3.41. The minimum Gasteiger partial charge on any atom is -0.305 e. The Balaban J connectivity index is 0.000000229. The summed E-state index contributed by atoms with van der Waals surface area (Å²) in [7, 11) is 0. The van der Waals surface area contributed by atoms with Gasteiger partial charge in [-0.05, 0) is 62.4 Å². The van der Waals surface area contributed by atoms with Crippen LogP contribution >= 0.6 is 11.3 Å². The van der Waals surface area contributed by atoms with Crippen LogP contribution in [0, 0.1) is 32.8 Å². The quantitative estimate of drug-likeness (QED) is 0.130. The largest absolute Gasteiger partial charge is 0.305 e. The summed E-state index contributed by atoms with van der Waals surface area (Å²) in [5.74, 6) is 7.04. The van der Waals surface area contributed by atoms with Gasteiger partial charge in [0.15, 0.2) is 0 Å². The average Bonchev–Trinajstić information content (AvgIpc) is 3.49. The van der Waals surface area contributed by atoms with Crippen molar-refractivity contribution in [2.75, 3.05) is 0 Å². The molecule has 0 bridgehead atoms. The third-order valence-electron chi connectivity index (χ3n) is 8.53. The van der Waals surface area contributed by atoms with Crippen molar-refractivity contribution in [3.05, 3.63) is 138 Å². The van der Waals surface area contributed by atoms with E-state index in [4.69, 9.17) is 8.22 Å². The van der Waals surface area contributed by atoms with Crippen LogP contribution in [0.25, 0.3) is 53.8 Å². The van der Waals surface area contributed by atoms with Gasteiger partial charge >= 0.3 is 117 Å². The smallest absolute Gasteiger partial charge is 0.0280 e. The van der Waals surface area contributed by atoms with Crippen LogP contribution in [0.5, 0.6) is 0 Å². The summed E-state index contributed by atoms with van der Waals surface area (Å²) in [5, 5.41) is 2.00.